The molecule has 0 aliphatic carbocycles. The fraction of sp³-hybridized carbons (Fsp3) is 0.312. The summed E-state index contributed by atoms with van der Waals surface area (Å²) in [7, 11) is 0. The van der Waals surface area contributed by atoms with Gasteiger partial charge in [-0.05, 0) is 49.6 Å². The number of hydrogen-bond donors (Lipinski definition) is 1. The van der Waals surface area contributed by atoms with E-state index in [4.69, 9.17) is 4.42 Å². The molecule has 4 heteroatoms. The lowest BCUT2D eigenvalue weighted by atomic mass is 10.0. The molecule has 1 saturated heterocycles. The van der Waals surface area contributed by atoms with Crippen LogP contribution in [0.1, 0.15) is 29.6 Å². The Kier molecular flexibility index (Phi) is 3.46. The van der Waals surface area contributed by atoms with Crippen LogP contribution in [0.2, 0.25) is 0 Å². The first-order valence-electron chi connectivity index (χ1n) is 6.92. The molecule has 4 nitrogen and oxygen atoms in total. The van der Waals surface area contributed by atoms with Crippen LogP contribution in [0.3, 0.4) is 0 Å². The molecule has 0 radical (unpaired) electrons. The quantitative estimate of drug-likeness (QED) is 0.926. The Bertz CT molecular complexity index is 598. The number of carboxylic acids is 1. The van der Waals surface area contributed by atoms with Crippen LogP contribution in [-0.2, 0) is 0 Å². The summed E-state index contributed by atoms with van der Waals surface area (Å²) < 4.78 is 5.33. The third kappa shape index (κ3) is 2.41. The van der Waals surface area contributed by atoms with Crippen molar-refractivity contribution < 1.29 is 14.3 Å². The molecule has 0 amide bonds. The molecule has 1 aromatic heterocycles. The maximum atomic E-state index is 11.5. The maximum Gasteiger partial charge on any atom is 0.337 e. The zero-order valence-corrected chi connectivity index (χ0v) is 11.2. The van der Waals surface area contributed by atoms with E-state index in [9.17, 15) is 9.90 Å². The fourth-order valence-corrected chi connectivity index (χ4v) is 2.71. The second kappa shape index (κ2) is 5.41. The molecule has 3 rings (SSSR count). The fourth-order valence-electron chi connectivity index (χ4n) is 2.71. The Labute approximate surface area is 117 Å². The van der Waals surface area contributed by atoms with Gasteiger partial charge in [-0.3, -0.25) is 0 Å². The number of anilines is 1. The molecule has 1 N–H and O–H groups in total. The predicted molar refractivity (Wildman–Crippen MR) is 77.2 cm³/mol. The average Bonchev–Trinajstić information content (AvgIpc) is 3.02. The van der Waals surface area contributed by atoms with Gasteiger partial charge in [-0.15, -0.1) is 0 Å². The lowest BCUT2D eigenvalue weighted by molar-refractivity contribution is 0.0697. The molecule has 2 heterocycles. The number of benzene rings is 1. The Hall–Kier alpha value is -2.23. The van der Waals surface area contributed by atoms with Crippen molar-refractivity contribution in [2.24, 2.45) is 0 Å². The van der Waals surface area contributed by atoms with Crippen LogP contribution < -0.4 is 4.90 Å². The molecule has 0 bridgehead atoms. The van der Waals surface area contributed by atoms with Gasteiger partial charge in [0.25, 0.3) is 0 Å². The molecule has 1 aliphatic rings. The Morgan fingerprint density at radius 1 is 1.15 bits per heavy atom. The minimum atomic E-state index is -0.890. The molecule has 0 saturated carbocycles. The van der Waals surface area contributed by atoms with Crippen LogP contribution in [0.4, 0.5) is 5.69 Å². The van der Waals surface area contributed by atoms with Crippen molar-refractivity contribution in [3.05, 3.63) is 42.2 Å². The van der Waals surface area contributed by atoms with Crippen molar-refractivity contribution in [1.82, 2.24) is 0 Å². The molecule has 1 aliphatic heterocycles. The molecule has 0 atom stereocenters. The second-order valence-corrected chi connectivity index (χ2v) is 5.06. The van der Waals surface area contributed by atoms with Crippen molar-refractivity contribution in [1.29, 1.82) is 0 Å². The first kappa shape index (κ1) is 12.8. The number of nitrogens with zero attached hydrogens (tertiary/aromatic N) is 1. The summed E-state index contributed by atoms with van der Waals surface area (Å²) in [4.78, 5) is 13.7. The lowest BCUT2D eigenvalue weighted by Gasteiger charge is -2.30. The van der Waals surface area contributed by atoms with Gasteiger partial charge in [0.05, 0.1) is 17.5 Å². The molecule has 0 unspecified atom stereocenters. The summed E-state index contributed by atoms with van der Waals surface area (Å²) in [5, 5.41) is 9.46. The standard InChI is InChI=1S/C16H17NO3/c18-16(19)13-11-12(15-5-4-10-20-15)6-7-14(13)17-8-2-1-3-9-17/h4-7,10-11H,1-3,8-9H2,(H,18,19). The summed E-state index contributed by atoms with van der Waals surface area (Å²) in [6.07, 6.45) is 5.07. The summed E-state index contributed by atoms with van der Waals surface area (Å²) in [5.41, 5.74) is 1.96. The monoisotopic (exact) mass is 271 g/mol. The van der Waals surface area contributed by atoms with E-state index in [1.54, 1.807) is 18.4 Å². The van der Waals surface area contributed by atoms with E-state index in [1.807, 2.05) is 18.2 Å². The smallest absolute Gasteiger partial charge is 0.337 e. The number of rotatable bonds is 3. The van der Waals surface area contributed by atoms with Gasteiger partial charge in [-0.2, -0.15) is 0 Å². The van der Waals surface area contributed by atoms with E-state index >= 15 is 0 Å². The number of aromatic carboxylic acids is 1. The van der Waals surface area contributed by atoms with E-state index < -0.39 is 5.97 Å². The summed E-state index contributed by atoms with van der Waals surface area (Å²) >= 11 is 0. The van der Waals surface area contributed by atoms with Crippen molar-refractivity contribution >= 4 is 11.7 Å². The van der Waals surface area contributed by atoms with Crippen LogP contribution in [-0.4, -0.2) is 24.2 Å². The van der Waals surface area contributed by atoms with Crippen molar-refractivity contribution in [2.45, 2.75) is 19.3 Å². The van der Waals surface area contributed by atoms with Crippen molar-refractivity contribution in [2.75, 3.05) is 18.0 Å². The van der Waals surface area contributed by atoms with Gasteiger partial charge in [-0.25, -0.2) is 4.79 Å². The van der Waals surface area contributed by atoms with Crippen LogP contribution in [0.25, 0.3) is 11.3 Å². The highest BCUT2D eigenvalue weighted by Gasteiger charge is 2.19. The maximum absolute atomic E-state index is 11.5. The number of furan rings is 1. The van der Waals surface area contributed by atoms with Crippen molar-refractivity contribution in [3.63, 3.8) is 0 Å². The third-order valence-electron chi connectivity index (χ3n) is 3.73. The highest BCUT2D eigenvalue weighted by atomic mass is 16.4. The molecule has 1 fully saturated rings. The van der Waals surface area contributed by atoms with Crippen LogP contribution in [0.5, 0.6) is 0 Å². The lowest BCUT2D eigenvalue weighted by Crippen LogP contribution is -2.30. The van der Waals surface area contributed by atoms with E-state index in [0.717, 1.165) is 37.2 Å². The normalized spacial score (nSPS) is 15.3. The van der Waals surface area contributed by atoms with Gasteiger partial charge in [0.1, 0.15) is 5.76 Å². The Morgan fingerprint density at radius 3 is 2.60 bits per heavy atom. The van der Waals surface area contributed by atoms with Gasteiger partial charge < -0.3 is 14.4 Å². The zero-order valence-electron chi connectivity index (χ0n) is 11.2. The molecule has 2 aromatic rings. The van der Waals surface area contributed by atoms with Gasteiger partial charge in [-0.1, -0.05) is 0 Å². The van der Waals surface area contributed by atoms with Gasteiger partial charge in [0.15, 0.2) is 0 Å². The summed E-state index contributed by atoms with van der Waals surface area (Å²) in [6, 6.07) is 9.16. The Morgan fingerprint density at radius 2 is 1.95 bits per heavy atom. The molecular formula is C16H17NO3. The van der Waals surface area contributed by atoms with E-state index in [1.165, 1.54) is 6.42 Å². The first-order valence-corrected chi connectivity index (χ1v) is 6.92. The van der Waals surface area contributed by atoms with Gasteiger partial charge in [0, 0.05) is 18.7 Å². The third-order valence-corrected chi connectivity index (χ3v) is 3.73. The number of piperidine rings is 1. The second-order valence-electron chi connectivity index (χ2n) is 5.06. The van der Waals surface area contributed by atoms with E-state index in [0.29, 0.717) is 11.3 Å². The topological polar surface area (TPSA) is 53.7 Å². The molecule has 20 heavy (non-hydrogen) atoms. The van der Waals surface area contributed by atoms with Crippen molar-refractivity contribution in [3.8, 4) is 11.3 Å². The molecule has 104 valence electrons. The molecule has 1 aromatic carbocycles. The predicted octanol–water partition coefficient (Wildman–Crippen LogP) is 3.64. The van der Waals surface area contributed by atoms with Gasteiger partial charge in [0.2, 0.25) is 0 Å². The highest BCUT2D eigenvalue weighted by Crippen LogP contribution is 2.29. The SMILES string of the molecule is O=C(O)c1cc(-c2ccco2)ccc1N1CCCCC1. The zero-order chi connectivity index (χ0) is 13.9. The minimum Gasteiger partial charge on any atom is -0.478 e. The number of carbonyl (C=O) groups is 1. The average molecular weight is 271 g/mol. The first-order chi connectivity index (χ1) is 9.75. The highest BCUT2D eigenvalue weighted by molar-refractivity contribution is 5.96. The largest absolute Gasteiger partial charge is 0.478 e. The number of hydrogen-bond acceptors (Lipinski definition) is 3. The summed E-state index contributed by atoms with van der Waals surface area (Å²) in [6.45, 7) is 1.86. The molecular weight excluding hydrogens is 254 g/mol. The minimum absolute atomic E-state index is 0.348. The van der Waals surface area contributed by atoms with Crippen LogP contribution in [0.15, 0.2) is 41.0 Å². The number of carboxylic acid groups (broad SMARTS) is 1. The van der Waals surface area contributed by atoms with Crippen LogP contribution >= 0.6 is 0 Å². The Balaban J connectivity index is 2.00. The van der Waals surface area contributed by atoms with E-state index in [-0.39, 0.29) is 0 Å². The summed E-state index contributed by atoms with van der Waals surface area (Å²) in [5.74, 6) is -0.198. The van der Waals surface area contributed by atoms with E-state index in [2.05, 4.69) is 4.90 Å². The molecule has 0 spiro atoms. The van der Waals surface area contributed by atoms with Crippen LogP contribution in [0, 0.1) is 0 Å². The van der Waals surface area contributed by atoms with Gasteiger partial charge >= 0.3 is 5.97 Å².